The van der Waals surface area contributed by atoms with Gasteiger partial charge in [0.05, 0.1) is 11.6 Å². The minimum Gasteiger partial charge on any atom is -0.346 e. The molecule has 1 aliphatic heterocycles. The van der Waals surface area contributed by atoms with Crippen molar-refractivity contribution >= 4 is 27.8 Å². The zero-order valence-corrected chi connectivity index (χ0v) is 15.1. The van der Waals surface area contributed by atoms with Gasteiger partial charge in [0.15, 0.2) is 0 Å². The predicted octanol–water partition coefficient (Wildman–Crippen LogP) is 2.22. The van der Waals surface area contributed by atoms with E-state index in [0.717, 1.165) is 29.4 Å². The summed E-state index contributed by atoms with van der Waals surface area (Å²) in [5.74, 6) is 0.570. The minimum atomic E-state index is 0.0855. The first-order chi connectivity index (χ1) is 13.2. The quantitative estimate of drug-likeness (QED) is 0.605. The highest BCUT2D eigenvalue weighted by atomic mass is 16.2. The molecule has 0 radical (unpaired) electrons. The Morgan fingerprint density at radius 1 is 1.37 bits per heavy atom. The number of aromatic nitrogens is 6. The maximum absolute atomic E-state index is 12.7. The van der Waals surface area contributed by atoms with E-state index in [9.17, 15) is 4.79 Å². The molecule has 8 nitrogen and oxygen atoms in total. The zero-order valence-electron chi connectivity index (χ0n) is 15.1. The highest BCUT2D eigenvalue weighted by molar-refractivity contribution is 6.02. The van der Waals surface area contributed by atoms with Gasteiger partial charge in [0.2, 0.25) is 5.91 Å². The van der Waals surface area contributed by atoms with Crippen LogP contribution in [-0.2, 0) is 11.3 Å². The molecule has 4 aromatic rings. The van der Waals surface area contributed by atoms with Crippen molar-refractivity contribution in [1.29, 1.82) is 0 Å². The first-order valence-corrected chi connectivity index (χ1v) is 9.23. The second kappa shape index (κ2) is 6.22. The summed E-state index contributed by atoms with van der Waals surface area (Å²) in [7, 11) is 0. The molecule has 1 amide bonds. The lowest BCUT2D eigenvalue weighted by Gasteiger charge is -2.38. The van der Waals surface area contributed by atoms with E-state index >= 15 is 0 Å². The van der Waals surface area contributed by atoms with Crippen LogP contribution in [0.3, 0.4) is 0 Å². The van der Waals surface area contributed by atoms with E-state index in [4.69, 9.17) is 0 Å². The fraction of sp³-hybridized carbons (Fsp3) is 0.368. The van der Waals surface area contributed by atoms with Gasteiger partial charge in [0.25, 0.3) is 0 Å². The highest BCUT2D eigenvalue weighted by Gasteiger charge is 2.31. The molecule has 0 bridgehead atoms. The molecular formula is C19H21N7O. The maximum atomic E-state index is 12.7. The summed E-state index contributed by atoms with van der Waals surface area (Å²) in [4.78, 5) is 26.3. The van der Waals surface area contributed by atoms with Gasteiger partial charge in [-0.25, -0.2) is 14.6 Å². The van der Waals surface area contributed by atoms with Gasteiger partial charge >= 0.3 is 0 Å². The van der Waals surface area contributed by atoms with Crippen molar-refractivity contribution in [2.45, 2.75) is 25.9 Å². The zero-order chi connectivity index (χ0) is 18.4. The fourth-order valence-electron chi connectivity index (χ4n) is 4.12. The molecule has 5 heterocycles. The molecule has 2 atom stereocenters. The van der Waals surface area contributed by atoms with Crippen LogP contribution in [0.25, 0.3) is 21.9 Å². The molecular weight excluding hydrogens is 342 g/mol. The molecule has 1 saturated heterocycles. The lowest BCUT2D eigenvalue weighted by Crippen LogP contribution is -2.45. The Kier molecular flexibility index (Phi) is 3.70. The smallest absolute Gasteiger partial charge is 0.244 e. The Morgan fingerprint density at radius 2 is 2.30 bits per heavy atom. The molecule has 4 aromatic heterocycles. The summed E-state index contributed by atoms with van der Waals surface area (Å²) in [5.41, 5.74) is 2.08. The van der Waals surface area contributed by atoms with Gasteiger partial charge in [0.1, 0.15) is 24.8 Å². The SMILES string of the molecule is C[C@@H]1CCN(C(=O)Cn2cncn2)C[C@@H]1n1ccc2cnc3[nH]ccc3c21. The molecule has 8 heteroatoms. The summed E-state index contributed by atoms with van der Waals surface area (Å²) in [6, 6.07) is 4.41. The standard InChI is InChI=1S/C19H21N7O/c1-13-3-6-24(17(27)10-25-12-20-11-23-25)9-16(13)26-7-4-14-8-22-19-15(18(14)26)2-5-21-19/h2,4-5,7-8,11-13,16H,3,6,9-10H2,1H3,(H,21,22)/t13-,16+/m1/s1. The molecule has 1 aliphatic rings. The third kappa shape index (κ3) is 2.68. The molecule has 0 spiro atoms. The number of amides is 1. The number of carbonyl (C=O) groups excluding carboxylic acids is 1. The van der Waals surface area contributed by atoms with E-state index in [2.05, 4.69) is 49.9 Å². The van der Waals surface area contributed by atoms with Gasteiger partial charge in [-0.3, -0.25) is 4.79 Å². The summed E-state index contributed by atoms with van der Waals surface area (Å²) in [6.45, 7) is 3.99. The number of hydrogen-bond donors (Lipinski definition) is 1. The largest absolute Gasteiger partial charge is 0.346 e. The number of nitrogens with one attached hydrogen (secondary N) is 1. The maximum Gasteiger partial charge on any atom is 0.244 e. The molecule has 0 aliphatic carbocycles. The van der Waals surface area contributed by atoms with Crippen molar-refractivity contribution in [3.63, 3.8) is 0 Å². The van der Waals surface area contributed by atoms with Gasteiger partial charge in [-0.2, -0.15) is 5.10 Å². The van der Waals surface area contributed by atoms with E-state index in [0.29, 0.717) is 12.5 Å². The Bertz CT molecular complexity index is 1090. The number of aromatic amines is 1. The second-order valence-corrected chi connectivity index (χ2v) is 7.29. The van der Waals surface area contributed by atoms with Crippen LogP contribution in [0.4, 0.5) is 0 Å². The van der Waals surface area contributed by atoms with Crippen LogP contribution >= 0.6 is 0 Å². The van der Waals surface area contributed by atoms with Crippen molar-refractivity contribution in [1.82, 2.24) is 34.2 Å². The topological polar surface area (TPSA) is 84.6 Å². The number of nitrogens with zero attached hydrogens (tertiary/aromatic N) is 6. The molecule has 1 N–H and O–H groups in total. The number of piperidine rings is 1. The molecule has 5 rings (SSSR count). The Morgan fingerprint density at radius 3 is 3.15 bits per heavy atom. The molecule has 0 saturated carbocycles. The average molecular weight is 363 g/mol. The normalized spacial score (nSPS) is 20.6. The van der Waals surface area contributed by atoms with Crippen LogP contribution in [0.1, 0.15) is 19.4 Å². The Hall–Kier alpha value is -3.16. The summed E-state index contributed by atoms with van der Waals surface area (Å²) in [5, 5.41) is 6.29. The third-order valence-electron chi connectivity index (χ3n) is 5.65. The van der Waals surface area contributed by atoms with Crippen molar-refractivity contribution < 1.29 is 4.79 Å². The molecule has 0 unspecified atom stereocenters. The van der Waals surface area contributed by atoms with Crippen LogP contribution in [0.2, 0.25) is 0 Å². The van der Waals surface area contributed by atoms with Gasteiger partial charge in [-0.15, -0.1) is 0 Å². The summed E-state index contributed by atoms with van der Waals surface area (Å²) < 4.78 is 3.90. The van der Waals surface area contributed by atoms with E-state index < -0.39 is 0 Å². The number of hydrogen-bond acceptors (Lipinski definition) is 4. The number of rotatable bonds is 3. The average Bonchev–Trinajstić information content (AvgIpc) is 3.41. The van der Waals surface area contributed by atoms with Crippen LogP contribution < -0.4 is 0 Å². The van der Waals surface area contributed by atoms with Gasteiger partial charge in [0, 0.05) is 42.5 Å². The first kappa shape index (κ1) is 16.0. The van der Waals surface area contributed by atoms with Crippen molar-refractivity contribution in [2.75, 3.05) is 13.1 Å². The van der Waals surface area contributed by atoms with Gasteiger partial charge in [-0.05, 0) is 24.5 Å². The predicted molar refractivity (Wildman–Crippen MR) is 101 cm³/mol. The Labute approximate surface area is 155 Å². The number of H-pyrrole nitrogens is 1. The number of likely N-dealkylation sites (tertiary alicyclic amines) is 1. The monoisotopic (exact) mass is 363 g/mol. The molecule has 0 aromatic carbocycles. The van der Waals surface area contributed by atoms with Crippen LogP contribution in [-0.4, -0.2) is 53.2 Å². The van der Waals surface area contributed by atoms with Crippen LogP contribution in [0.15, 0.2) is 43.4 Å². The van der Waals surface area contributed by atoms with Crippen molar-refractivity contribution in [2.24, 2.45) is 5.92 Å². The molecule has 138 valence electrons. The Balaban J connectivity index is 1.47. The second-order valence-electron chi connectivity index (χ2n) is 7.29. The summed E-state index contributed by atoms with van der Waals surface area (Å²) >= 11 is 0. The summed E-state index contributed by atoms with van der Waals surface area (Å²) in [6.07, 6.45) is 9.98. The van der Waals surface area contributed by atoms with Crippen LogP contribution in [0, 0.1) is 5.92 Å². The van der Waals surface area contributed by atoms with Gasteiger partial charge in [-0.1, -0.05) is 6.92 Å². The van der Waals surface area contributed by atoms with E-state index in [1.807, 2.05) is 17.3 Å². The van der Waals surface area contributed by atoms with Gasteiger partial charge < -0.3 is 14.5 Å². The number of carbonyl (C=O) groups is 1. The first-order valence-electron chi connectivity index (χ1n) is 9.23. The van der Waals surface area contributed by atoms with E-state index in [1.165, 1.54) is 11.8 Å². The molecule has 27 heavy (non-hydrogen) atoms. The molecule has 1 fully saturated rings. The van der Waals surface area contributed by atoms with E-state index in [-0.39, 0.29) is 18.5 Å². The van der Waals surface area contributed by atoms with Crippen molar-refractivity contribution in [3.8, 4) is 0 Å². The van der Waals surface area contributed by atoms with Crippen LogP contribution in [0.5, 0.6) is 0 Å². The highest BCUT2D eigenvalue weighted by Crippen LogP contribution is 2.33. The number of pyridine rings is 1. The van der Waals surface area contributed by atoms with Crippen molar-refractivity contribution in [3.05, 3.63) is 43.4 Å². The lowest BCUT2D eigenvalue weighted by molar-refractivity contribution is -0.134. The minimum absolute atomic E-state index is 0.0855. The number of fused-ring (bicyclic) bond motifs is 3. The fourth-order valence-corrected chi connectivity index (χ4v) is 4.12. The third-order valence-corrected chi connectivity index (χ3v) is 5.65. The van der Waals surface area contributed by atoms with E-state index in [1.54, 1.807) is 11.0 Å². The lowest BCUT2D eigenvalue weighted by atomic mass is 9.93.